The van der Waals surface area contributed by atoms with Crippen LogP contribution >= 0.6 is 0 Å². The van der Waals surface area contributed by atoms with Crippen molar-refractivity contribution in [1.82, 2.24) is 10.8 Å². The highest BCUT2D eigenvalue weighted by atomic mass is 17.1. The van der Waals surface area contributed by atoms with Gasteiger partial charge in [0.05, 0.1) is 17.7 Å². The molecule has 5 aromatic rings. The number of hydrogen-bond acceptors (Lipinski definition) is 6. The van der Waals surface area contributed by atoms with Gasteiger partial charge in [0, 0.05) is 13.1 Å². The molecule has 0 aliphatic carbocycles. The largest absolute Gasteiger partial charge is 0.478 e. The van der Waals surface area contributed by atoms with Crippen LogP contribution in [0.2, 0.25) is 0 Å². The topological polar surface area (TPSA) is 117 Å². The van der Waals surface area contributed by atoms with E-state index in [1.54, 1.807) is 12.1 Å². The van der Waals surface area contributed by atoms with Gasteiger partial charge in [-0.3, -0.25) is 14.9 Å². The van der Waals surface area contributed by atoms with Gasteiger partial charge in [-0.15, -0.1) is 0 Å². The van der Waals surface area contributed by atoms with E-state index in [0.29, 0.717) is 6.54 Å². The lowest BCUT2D eigenvalue weighted by Crippen LogP contribution is -2.25. The summed E-state index contributed by atoms with van der Waals surface area (Å²) in [6.45, 7) is 1.03. The van der Waals surface area contributed by atoms with Crippen molar-refractivity contribution < 1.29 is 29.7 Å². The van der Waals surface area contributed by atoms with E-state index in [-0.39, 0.29) is 30.9 Å². The van der Waals surface area contributed by atoms with Gasteiger partial charge in [0.1, 0.15) is 6.61 Å². The molecule has 1 amide bonds. The minimum absolute atomic E-state index is 0.0478. The van der Waals surface area contributed by atoms with Crippen molar-refractivity contribution >= 4 is 11.9 Å². The van der Waals surface area contributed by atoms with Gasteiger partial charge >= 0.3 is 5.97 Å². The van der Waals surface area contributed by atoms with Gasteiger partial charge in [0.25, 0.3) is 5.91 Å². The molecule has 0 atom stereocenters. The fourth-order valence-corrected chi connectivity index (χ4v) is 4.83. The molecular weight excluding hydrogens is 556 g/mol. The zero-order valence-corrected chi connectivity index (χ0v) is 23.9. The second-order valence-corrected chi connectivity index (χ2v) is 10.2. The highest BCUT2D eigenvalue weighted by Crippen LogP contribution is 2.24. The number of hydroxylamine groups is 1. The zero-order chi connectivity index (χ0) is 30.7. The predicted octanol–water partition coefficient (Wildman–Crippen LogP) is 6.86. The maximum atomic E-state index is 12.9. The highest BCUT2D eigenvalue weighted by molar-refractivity contribution is 6.05. The number of aromatic carboxylic acids is 1. The summed E-state index contributed by atoms with van der Waals surface area (Å²) in [6, 6.07) is 37.8. The third kappa shape index (κ3) is 7.83. The summed E-state index contributed by atoms with van der Waals surface area (Å²) in [7, 11) is 0. The van der Waals surface area contributed by atoms with Crippen LogP contribution in [0.5, 0.6) is 0 Å². The van der Waals surface area contributed by atoms with E-state index in [2.05, 4.69) is 15.7 Å². The average molecular weight is 589 g/mol. The van der Waals surface area contributed by atoms with E-state index in [1.807, 2.05) is 103 Å². The minimum Gasteiger partial charge on any atom is -0.478 e. The van der Waals surface area contributed by atoms with E-state index < -0.39 is 11.9 Å². The second-order valence-electron chi connectivity index (χ2n) is 10.2. The summed E-state index contributed by atoms with van der Waals surface area (Å²) >= 11 is 0. The van der Waals surface area contributed by atoms with Crippen molar-refractivity contribution in [3.8, 4) is 22.3 Å². The Morgan fingerprint density at radius 3 is 1.80 bits per heavy atom. The molecular formula is C36H32N2O6. The average Bonchev–Trinajstić information content (AvgIpc) is 3.07. The smallest absolute Gasteiger partial charge is 0.336 e. The normalized spacial score (nSPS) is 10.8. The van der Waals surface area contributed by atoms with E-state index in [0.717, 1.165) is 44.5 Å². The van der Waals surface area contributed by atoms with E-state index in [4.69, 9.17) is 10.1 Å². The third-order valence-corrected chi connectivity index (χ3v) is 7.22. The number of carbonyl (C=O) groups is 2. The minimum atomic E-state index is -1.16. The molecule has 0 aliphatic heterocycles. The molecule has 8 nitrogen and oxygen atoms in total. The first-order valence-electron chi connectivity index (χ1n) is 14.1. The first-order valence-corrected chi connectivity index (χ1v) is 14.1. The fraction of sp³-hybridized carbons (Fsp3) is 0.111. The standard InChI is InChI=1S/C36H32N2O6/c39-35(33-18-17-30(20-34(33)36(40)41)28-9-5-2-6-10-28)37-21-25-11-13-26(14-12-25)22-38-43-23-31-16-15-29(19-32(31)24-44-42)27-7-3-1-4-8-27/h1-20,38,42H,21-24H2,(H,37,39)(H,40,41). The second kappa shape index (κ2) is 14.9. The molecule has 4 N–H and O–H groups in total. The van der Waals surface area contributed by atoms with Crippen molar-refractivity contribution in [3.63, 3.8) is 0 Å². The molecule has 8 heteroatoms. The Labute approximate surface area is 255 Å². The van der Waals surface area contributed by atoms with E-state index >= 15 is 0 Å². The SMILES string of the molecule is O=C(O)c1cc(-c2ccccc2)ccc1C(=O)NCc1ccc(CNOCc2ccc(-c3ccccc3)cc2COO)cc1. The van der Waals surface area contributed by atoms with Crippen LogP contribution < -0.4 is 10.8 Å². The van der Waals surface area contributed by atoms with Crippen LogP contribution in [-0.4, -0.2) is 22.2 Å². The quantitative estimate of drug-likeness (QED) is 0.0674. The van der Waals surface area contributed by atoms with Crippen molar-refractivity contribution in [3.05, 3.63) is 155 Å². The number of amides is 1. The molecule has 0 saturated carbocycles. The molecule has 0 radical (unpaired) electrons. The Morgan fingerprint density at radius 2 is 1.18 bits per heavy atom. The number of nitrogens with one attached hydrogen (secondary N) is 2. The maximum absolute atomic E-state index is 12.9. The molecule has 0 unspecified atom stereocenters. The van der Waals surface area contributed by atoms with Crippen molar-refractivity contribution in [1.29, 1.82) is 0 Å². The van der Waals surface area contributed by atoms with Crippen molar-refractivity contribution in [2.45, 2.75) is 26.3 Å². The van der Waals surface area contributed by atoms with Crippen LogP contribution in [0.1, 0.15) is 43.0 Å². The molecule has 0 aliphatic rings. The molecule has 44 heavy (non-hydrogen) atoms. The molecule has 0 bridgehead atoms. The first kappa shape index (κ1) is 30.3. The van der Waals surface area contributed by atoms with Crippen LogP contribution in [0, 0.1) is 0 Å². The number of carbonyl (C=O) groups excluding carboxylic acids is 1. The Morgan fingerprint density at radius 1 is 0.591 bits per heavy atom. The summed E-state index contributed by atoms with van der Waals surface area (Å²) in [4.78, 5) is 34.9. The van der Waals surface area contributed by atoms with Gasteiger partial charge in [0.2, 0.25) is 0 Å². The van der Waals surface area contributed by atoms with Crippen molar-refractivity contribution in [2.75, 3.05) is 0 Å². The Balaban J connectivity index is 1.12. The maximum Gasteiger partial charge on any atom is 0.336 e. The van der Waals surface area contributed by atoms with Crippen LogP contribution in [-0.2, 0) is 36.0 Å². The Hall–Kier alpha value is -5.12. The molecule has 0 heterocycles. The molecule has 0 spiro atoms. The molecule has 0 fully saturated rings. The molecule has 0 saturated heterocycles. The summed E-state index contributed by atoms with van der Waals surface area (Å²) in [6.07, 6.45) is 0. The number of benzene rings is 5. The Bertz CT molecular complexity index is 1710. The summed E-state index contributed by atoms with van der Waals surface area (Å²) < 4.78 is 0. The van der Waals surface area contributed by atoms with Crippen LogP contribution in [0.15, 0.2) is 121 Å². The van der Waals surface area contributed by atoms with E-state index in [9.17, 15) is 14.7 Å². The van der Waals surface area contributed by atoms with Crippen LogP contribution in [0.4, 0.5) is 0 Å². The van der Waals surface area contributed by atoms with Gasteiger partial charge < -0.3 is 10.4 Å². The number of rotatable bonds is 13. The van der Waals surface area contributed by atoms with Gasteiger partial charge in [0.15, 0.2) is 0 Å². The summed E-state index contributed by atoms with van der Waals surface area (Å²) in [5.41, 5.74) is 10.3. The van der Waals surface area contributed by atoms with Crippen LogP contribution in [0.3, 0.4) is 0 Å². The molecule has 0 aromatic heterocycles. The monoisotopic (exact) mass is 588 g/mol. The number of carboxylic acids is 1. The third-order valence-electron chi connectivity index (χ3n) is 7.22. The summed E-state index contributed by atoms with van der Waals surface area (Å²) in [5, 5.41) is 21.6. The van der Waals surface area contributed by atoms with Gasteiger partial charge in [-0.05, 0) is 62.7 Å². The van der Waals surface area contributed by atoms with Gasteiger partial charge in [-0.25, -0.2) is 9.68 Å². The summed E-state index contributed by atoms with van der Waals surface area (Å²) in [5.74, 6) is -1.61. The number of hydrogen-bond donors (Lipinski definition) is 4. The fourth-order valence-electron chi connectivity index (χ4n) is 4.83. The lowest BCUT2D eigenvalue weighted by atomic mass is 9.98. The molecule has 5 rings (SSSR count). The molecule has 5 aromatic carbocycles. The first-order chi connectivity index (χ1) is 21.5. The Kier molecular flexibility index (Phi) is 10.2. The van der Waals surface area contributed by atoms with Crippen molar-refractivity contribution in [2.24, 2.45) is 0 Å². The lowest BCUT2D eigenvalue weighted by Gasteiger charge is -2.12. The predicted molar refractivity (Wildman–Crippen MR) is 167 cm³/mol. The van der Waals surface area contributed by atoms with Gasteiger partial charge in [-0.2, -0.15) is 5.48 Å². The zero-order valence-electron chi connectivity index (χ0n) is 23.9. The number of carboxylic acid groups (broad SMARTS) is 1. The van der Waals surface area contributed by atoms with Crippen LogP contribution in [0.25, 0.3) is 22.3 Å². The molecule has 222 valence electrons. The van der Waals surface area contributed by atoms with Gasteiger partial charge in [-0.1, -0.05) is 103 Å². The highest BCUT2D eigenvalue weighted by Gasteiger charge is 2.17. The lowest BCUT2D eigenvalue weighted by molar-refractivity contribution is -0.253. The van der Waals surface area contributed by atoms with E-state index in [1.165, 1.54) is 6.07 Å².